The number of anilines is 1. The van der Waals surface area contributed by atoms with Gasteiger partial charge in [0, 0.05) is 35.8 Å². The fourth-order valence-electron chi connectivity index (χ4n) is 2.85. The second kappa shape index (κ2) is 8.06. The maximum atomic E-state index is 13.5. The molecule has 146 valence electrons. The minimum atomic E-state index is -1.53. The first-order valence-corrected chi connectivity index (χ1v) is 9.91. The van der Waals surface area contributed by atoms with Crippen LogP contribution in [0.25, 0.3) is 10.9 Å². The molecule has 1 atom stereocenters. The van der Waals surface area contributed by atoms with Gasteiger partial charge in [0.25, 0.3) is 0 Å². The van der Waals surface area contributed by atoms with E-state index in [0.29, 0.717) is 21.8 Å². The van der Waals surface area contributed by atoms with E-state index in [1.54, 1.807) is 36.5 Å². The van der Waals surface area contributed by atoms with Crippen molar-refractivity contribution in [3.05, 3.63) is 90.1 Å². The zero-order valence-electron chi connectivity index (χ0n) is 15.4. The maximum absolute atomic E-state index is 13.5. The number of hydrogen-bond donors (Lipinski definition) is 1. The van der Waals surface area contributed by atoms with Gasteiger partial charge in [0.1, 0.15) is 40.2 Å². The molecule has 0 saturated heterocycles. The van der Waals surface area contributed by atoms with Crippen molar-refractivity contribution in [2.45, 2.75) is 11.8 Å². The van der Waals surface area contributed by atoms with Crippen LogP contribution in [-0.2, 0) is 11.4 Å². The lowest BCUT2D eigenvalue weighted by atomic mass is 10.2. The van der Waals surface area contributed by atoms with Crippen molar-refractivity contribution >= 4 is 28.0 Å². The third kappa shape index (κ3) is 4.47. The average Bonchev–Trinajstić information content (AvgIpc) is 2.67. The first-order chi connectivity index (χ1) is 14.0. The van der Waals surface area contributed by atoms with Crippen LogP contribution in [0.4, 0.5) is 14.5 Å². The molecule has 1 N–H and O–H groups in total. The number of fused-ring (bicyclic) bond motifs is 1. The molecule has 4 aromatic rings. The van der Waals surface area contributed by atoms with Gasteiger partial charge in [-0.3, -0.25) is 4.98 Å². The Morgan fingerprint density at radius 3 is 2.34 bits per heavy atom. The van der Waals surface area contributed by atoms with E-state index in [1.807, 2.05) is 25.1 Å². The molecule has 7 heteroatoms. The third-order valence-corrected chi connectivity index (χ3v) is 5.29. The molecular weight excluding hydrogens is 394 g/mol. The monoisotopic (exact) mass is 410 g/mol. The Balaban J connectivity index is 1.69. The molecule has 1 heterocycles. The lowest BCUT2D eigenvalue weighted by molar-refractivity contribution is 0.469. The first kappa shape index (κ1) is 19.2. The van der Waals surface area contributed by atoms with E-state index in [1.165, 1.54) is 0 Å². The molecule has 1 aromatic heterocycles. The third-order valence-electron chi connectivity index (χ3n) is 4.19. The fraction of sp³-hybridized carbons (Fsp3) is 0.0455. The number of halogens is 2. The Bertz CT molecular complexity index is 1150. The summed E-state index contributed by atoms with van der Waals surface area (Å²) < 4.78 is 48.3. The van der Waals surface area contributed by atoms with Gasteiger partial charge < -0.3 is 9.29 Å². The highest BCUT2D eigenvalue weighted by atomic mass is 32.2. The van der Waals surface area contributed by atoms with E-state index in [4.69, 9.17) is 4.74 Å². The van der Waals surface area contributed by atoms with Crippen molar-refractivity contribution in [3.63, 3.8) is 0 Å². The van der Waals surface area contributed by atoms with Crippen molar-refractivity contribution in [2.75, 3.05) is 4.72 Å². The number of aryl methyl sites for hydroxylation is 1. The fourth-order valence-corrected chi connectivity index (χ4v) is 3.70. The summed E-state index contributed by atoms with van der Waals surface area (Å²) in [5, 5.41) is 0.727. The molecule has 0 radical (unpaired) electrons. The van der Waals surface area contributed by atoms with Crippen LogP contribution in [0.15, 0.2) is 77.8 Å². The molecule has 0 aliphatic heterocycles. The summed E-state index contributed by atoms with van der Waals surface area (Å²) in [7, 11) is 0. The van der Waals surface area contributed by atoms with E-state index in [9.17, 15) is 13.3 Å². The van der Waals surface area contributed by atoms with Gasteiger partial charge in [-0.2, -0.15) is 0 Å². The van der Waals surface area contributed by atoms with Crippen molar-refractivity contribution in [3.8, 4) is 11.5 Å². The lowest BCUT2D eigenvalue weighted by Gasteiger charge is -2.15. The topological polar surface area (TPSA) is 57.2 Å². The maximum Gasteiger partial charge on any atom is 0.179 e. The van der Waals surface area contributed by atoms with E-state index in [0.717, 1.165) is 29.1 Å². The van der Waals surface area contributed by atoms with Gasteiger partial charge in [0.05, 0.1) is 5.52 Å². The quantitative estimate of drug-likeness (QED) is 0.426. The van der Waals surface area contributed by atoms with Crippen LogP contribution in [0, 0.1) is 18.6 Å². The van der Waals surface area contributed by atoms with Crippen LogP contribution in [0.5, 0.6) is 11.5 Å². The number of nitrogens with zero attached hydrogens (tertiary/aromatic N) is 1. The molecule has 29 heavy (non-hydrogen) atoms. The number of aromatic nitrogens is 1. The molecular formula is C22H16F2N2O2S. The van der Waals surface area contributed by atoms with Gasteiger partial charge in [-0.1, -0.05) is 23.8 Å². The number of nitrogens with one attached hydrogen (secondary N) is 1. The van der Waals surface area contributed by atoms with Crippen molar-refractivity contribution in [1.82, 2.24) is 4.98 Å². The highest BCUT2D eigenvalue weighted by Crippen LogP contribution is 2.32. The largest absolute Gasteiger partial charge is 0.588 e. The van der Waals surface area contributed by atoms with Gasteiger partial charge in [-0.25, -0.2) is 13.5 Å². The zero-order chi connectivity index (χ0) is 20.4. The van der Waals surface area contributed by atoms with Crippen molar-refractivity contribution in [2.24, 2.45) is 0 Å². The highest BCUT2D eigenvalue weighted by molar-refractivity contribution is 7.92. The SMILES string of the molecule is Cc1ccc([S+]([O-])Nc2cc(Oc3cc(F)cc(F)c3)cc3cccnc23)cc1. The summed E-state index contributed by atoms with van der Waals surface area (Å²) in [6.45, 7) is 1.95. The summed E-state index contributed by atoms with van der Waals surface area (Å²) in [5.41, 5.74) is 2.15. The zero-order valence-corrected chi connectivity index (χ0v) is 16.2. The molecule has 0 spiro atoms. The molecule has 0 bridgehead atoms. The van der Waals surface area contributed by atoms with Gasteiger partial charge >= 0.3 is 0 Å². The van der Waals surface area contributed by atoms with Crippen LogP contribution in [0.1, 0.15) is 5.56 Å². The smallest absolute Gasteiger partial charge is 0.179 e. The molecule has 0 amide bonds. The van der Waals surface area contributed by atoms with E-state index >= 15 is 0 Å². The normalized spacial score (nSPS) is 12.0. The standard InChI is InChI=1S/C22H16F2N2O2S/c1-14-4-6-20(7-5-14)29(27)26-21-13-18(9-15-3-2-8-25-22(15)21)28-19-11-16(23)10-17(24)12-19/h2-13,26H,1H3. The van der Waals surface area contributed by atoms with Gasteiger partial charge in [-0.05, 0) is 31.2 Å². The molecule has 3 aromatic carbocycles. The summed E-state index contributed by atoms with van der Waals surface area (Å²) in [6.07, 6.45) is 1.63. The number of pyridine rings is 1. The van der Waals surface area contributed by atoms with E-state index in [-0.39, 0.29) is 5.75 Å². The molecule has 0 fully saturated rings. The molecule has 0 saturated carbocycles. The predicted octanol–water partition coefficient (Wildman–Crippen LogP) is 5.75. The van der Waals surface area contributed by atoms with Crippen LogP contribution in [0.2, 0.25) is 0 Å². The minimum absolute atomic E-state index is 0.0244. The van der Waals surface area contributed by atoms with Gasteiger partial charge in [0.15, 0.2) is 4.90 Å². The first-order valence-electron chi connectivity index (χ1n) is 8.76. The van der Waals surface area contributed by atoms with Gasteiger partial charge in [-0.15, -0.1) is 0 Å². The predicted molar refractivity (Wildman–Crippen MR) is 109 cm³/mol. The van der Waals surface area contributed by atoms with Crippen molar-refractivity contribution < 1.29 is 18.1 Å². The summed E-state index contributed by atoms with van der Waals surface area (Å²) >= 11 is -1.53. The van der Waals surface area contributed by atoms with Crippen LogP contribution in [0.3, 0.4) is 0 Å². The van der Waals surface area contributed by atoms with Crippen molar-refractivity contribution in [1.29, 1.82) is 0 Å². The molecule has 0 aliphatic rings. The molecule has 1 unspecified atom stereocenters. The molecule has 4 nitrogen and oxygen atoms in total. The van der Waals surface area contributed by atoms with Gasteiger partial charge in [0.2, 0.25) is 0 Å². The number of rotatable bonds is 5. The van der Waals surface area contributed by atoms with Crippen LogP contribution in [-0.4, -0.2) is 9.54 Å². The number of benzene rings is 3. The molecule has 4 rings (SSSR count). The number of hydrogen-bond acceptors (Lipinski definition) is 4. The summed E-state index contributed by atoms with van der Waals surface area (Å²) in [5.74, 6) is -1.11. The Morgan fingerprint density at radius 2 is 1.62 bits per heavy atom. The van der Waals surface area contributed by atoms with Crippen LogP contribution >= 0.6 is 0 Å². The minimum Gasteiger partial charge on any atom is -0.588 e. The Morgan fingerprint density at radius 1 is 0.931 bits per heavy atom. The Kier molecular flexibility index (Phi) is 5.33. The van der Waals surface area contributed by atoms with Crippen LogP contribution < -0.4 is 9.46 Å². The lowest BCUT2D eigenvalue weighted by Crippen LogP contribution is -2.13. The number of ether oxygens (including phenoxy) is 1. The molecule has 0 aliphatic carbocycles. The highest BCUT2D eigenvalue weighted by Gasteiger charge is 2.16. The van der Waals surface area contributed by atoms with E-state index < -0.39 is 23.0 Å². The second-order valence-electron chi connectivity index (χ2n) is 6.44. The summed E-state index contributed by atoms with van der Waals surface area (Å²) in [4.78, 5) is 4.96. The Hall–Kier alpha value is -3.16. The van der Waals surface area contributed by atoms with E-state index in [2.05, 4.69) is 9.71 Å². The second-order valence-corrected chi connectivity index (χ2v) is 7.65. The Labute approximate surface area is 169 Å². The summed E-state index contributed by atoms with van der Waals surface area (Å²) in [6, 6.07) is 17.2. The average molecular weight is 410 g/mol.